The highest BCUT2D eigenvalue weighted by Crippen LogP contribution is 2.17. The van der Waals surface area contributed by atoms with Crippen LogP contribution in [-0.4, -0.2) is 9.38 Å². The van der Waals surface area contributed by atoms with E-state index in [2.05, 4.69) is 42.2 Å². The first kappa shape index (κ1) is 13.4. The van der Waals surface area contributed by atoms with Crippen LogP contribution in [-0.2, 0) is 12.8 Å². The Bertz CT molecular complexity index is 820. The van der Waals surface area contributed by atoms with E-state index in [0.717, 1.165) is 23.3 Å². The van der Waals surface area contributed by atoms with Gasteiger partial charge in [-0.1, -0.05) is 37.3 Å². The van der Waals surface area contributed by atoms with Gasteiger partial charge >= 0.3 is 0 Å². The van der Waals surface area contributed by atoms with Gasteiger partial charge in [0, 0.05) is 12.6 Å². The number of nitrogens with zero attached hydrogens (tertiary/aromatic N) is 3. The third-order valence-corrected chi connectivity index (χ3v) is 3.75. The van der Waals surface area contributed by atoms with Crippen molar-refractivity contribution >= 4 is 5.65 Å². The SMILES string of the molecule is CCc1ccc(Cc2nc3ccc(C)cn3c2C#N)cc1. The normalized spacial score (nSPS) is 10.7. The Balaban J connectivity index is 2.01. The lowest BCUT2D eigenvalue weighted by molar-refractivity contribution is 1.07. The molecule has 0 saturated carbocycles. The molecule has 21 heavy (non-hydrogen) atoms. The van der Waals surface area contributed by atoms with Crippen molar-refractivity contribution in [2.75, 3.05) is 0 Å². The van der Waals surface area contributed by atoms with Crippen LogP contribution in [0.1, 0.15) is 35.0 Å². The summed E-state index contributed by atoms with van der Waals surface area (Å²) in [5, 5.41) is 9.45. The van der Waals surface area contributed by atoms with Gasteiger partial charge in [0.15, 0.2) is 0 Å². The largest absolute Gasteiger partial charge is 0.291 e. The molecular formula is C18H17N3. The molecule has 0 bridgehead atoms. The Kier molecular flexibility index (Phi) is 3.45. The monoisotopic (exact) mass is 275 g/mol. The summed E-state index contributed by atoms with van der Waals surface area (Å²) >= 11 is 0. The van der Waals surface area contributed by atoms with E-state index in [1.165, 1.54) is 11.1 Å². The average Bonchev–Trinajstić information content (AvgIpc) is 2.84. The second-order valence-electron chi connectivity index (χ2n) is 5.30. The summed E-state index contributed by atoms with van der Waals surface area (Å²) in [5.41, 5.74) is 5.93. The third kappa shape index (κ3) is 2.53. The van der Waals surface area contributed by atoms with Crippen LogP contribution in [0.4, 0.5) is 0 Å². The lowest BCUT2D eigenvalue weighted by Crippen LogP contribution is -1.94. The summed E-state index contributed by atoms with van der Waals surface area (Å²) in [6.07, 6.45) is 3.69. The molecule has 3 nitrogen and oxygen atoms in total. The van der Waals surface area contributed by atoms with E-state index in [-0.39, 0.29) is 0 Å². The fourth-order valence-electron chi connectivity index (χ4n) is 2.53. The fraction of sp³-hybridized carbons (Fsp3) is 0.222. The number of imidazole rings is 1. The number of aryl methyl sites for hydroxylation is 2. The van der Waals surface area contributed by atoms with Crippen LogP contribution in [0.15, 0.2) is 42.6 Å². The molecule has 1 aromatic carbocycles. The Morgan fingerprint density at radius 2 is 1.81 bits per heavy atom. The van der Waals surface area contributed by atoms with Gasteiger partial charge in [-0.3, -0.25) is 4.40 Å². The van der Waals surface area contributed by atoms with Crippen molar-refractivity contribution in [1.29, 1.82) is 5.26 Å². The third-order valence-electron chi connectivity index (χ3n) is 3.75. The molecule has 3 aromatic rings. The summed E-state index contributed by atoms with van der Waals surface area (Å²) < 4.78 is 1.88. The first-order valence-corrected chi connectivity index (χ1v) is 7.16. The molecule has 2 heterocycles. The Morgan fingerprint density at radius 1 is 1.10 bits per heavy atom. The van der Waals surface area contributed by atoms with Crippen molar-refractivity contribution in [3.63, 3.8) is 0 Å². The van der Waals surface area contributed by atoms with Gasteiger partial charge < -0.3 is 0 Å². The lowest BCUT2D eigenvalue weighted by atomic mass is 10.1. The zero-order chi connectivity index (χ0) is 14.8. The molecule has 3 rings (SSSR count). The molecular weight excluding hydrogens is 258 g/mol. The number of hydrogen-bond donors (Lipinski definition) is 0. The Labute approximate surface area is 124 Å². The summed E-state index contributed by atoms with van der Waals surface area (Å²) in [5.74, 6) is 0. The highest BCUT2D eigenvalue weighted by molar-refractivity contribution is 5.49. The number of aromatic nitrogens is 2. The number of benzene rings is 1. The lowest BCUT2D eigenvalue weighted by Gasteiger charge is -2.01. The molecule has 0 spiro atoms. The first-order chi connectivity index (χ1) is 10.2. The smallest absolute Gasteiger partial charge is 0.148 e. The molecule has 0 aliphatic heterocycles. The molecule has 0 atom stereocenters. The molecule has 3 heteroatoms. The van der Waals surface area contributed by atoms with E-state index in [1.807, 2.05) is 29.7 Å². The van der Waals surface area contributed by atoms with Gasteiger partial charge in [-0.25, -0.2) is 4.98 Å². The maximum absolute atomic E-state index is 9.45. The van der Waals surface area contributed by atoms with Gasteiger partial charge in [-0.2, -0.15) is 5.26 Å². The molecule has 0 N–H and O–H groups in total. The van der Waals surface area contributed by atoms with Crippen LogP contribution in [0.3, 0.4) is 0 Å². The minimum absolute atomic E-state index is 0.633. The van der Waals surface area contributed by atoms with Crippen LogP contribution < -0.4 is 0 Å². The molecule has 2 aromatic heterocycles. The maximum Gasteiger partial charge on any atom is 0.148 e. The molecule has 104 valence electrons. The molecule has 0 radical (unpaired) electrons. The van der Waals surface area contributed by atoms with Crippen molar-refractivity contribution in [1.82, 2.24) is 9.38 Å². The van der Waals surface area contributed by atoms with Crippen LogP contribution in [0, 0.1) is 18.3 Å². The summed E-state index contributed by atoms with van der Waals surface area (Å²) in [7, 11) is 0. The standard InChI is InChI=1S/C18H17N3/c1-3-14-5-7-15(8-6-14)10-16-17(11-19)21-12-13(2)4-9-18(21)20-16/h4-9,12H,3,10H2,1-2H3. The van der Waals surface area contributed by atoms with Crippen molar-refractivity contribution in [3.8, 4) is 6.07 Å². The minimum atomic E-state index is 0.633. The quantitative estimate of drug-likeness (QED) is 0.732. The number of pyridine rings is 1. The zero-order valence-corrected chi connectivity index (χ0v) is 12.3. The van der Waals surface area contributed by atoms with E-state index < -0.39 is 0 Å². The Hall–Kier alpha value is -2.60. The summed E-state index contributed by atoms with van der Waals surface area (Å²) in [6.45, 7) is 4.16. The highest BCUT2D eigenvalue weighted by atomic mass is 15.0. The Morgan fingerprint density at radius 3 is 2.48 bits per heavy atom. The van der Waals surface area contributed by atoms with E-state index in [0.29, 0.717) is 12.1 Å². The molecule has 0 amide bonds. The topological polar surface area (TPSA) is 41.1 Å². The van der Waals surface area contributed by atoms with Crippen LogP contribution in [0.2, 0.25) is 0 Å². The van der Waals surface area contributed by atoms with Gasteiger partial charge in [0.1, 0.15) is 17.4 Å². The number of fused-ring (bicyclic) bond motifs is 1. The molecule has 0 aliphatic rings. The van der Waals surface area contributed by atoms with Crippen molar-refractivity contribution < 1.29 is 0 Å². The van der Waals surface area contributed by atoms with Crippen molar-refractivity contribution in [2.24, 2.45) is 0 Å². The van der Waals surface area contributed by atoms with Gasteiger partial charge in [0.25, 0.3) is 0 Å². The van der Waals surface area contributed by atoms with Crippen LogP contribution >= 0.6 is 0 Å². The summed E-state index contributed by atoms with van der Waals surface area (Å²) in [4.78, 5) is 4.60. The second-order valence-corrected chi connectivity index (χ2v) is 5.30. The maximum atomic E-state index is 9.45. The number of nitriles is 1. The average molecular weight is 275 g/mol. The van der Waals surface area contributed by atoms with Crippen LogP contribution in [0.5, 0.6) is 0 Å². The number of rotatable bonds is 3. The molecule has 0 saturated heterocycles. The van der Waals surface area contributed by atoms with Gasteiger partial charge in [-0.15, -0.1) is 0 Å². The van der Waals surface area contributed by atoms with Crippen molar-refractivity contribution in [3.05, 3.63) is 70.7 Å². The van der Waals surface area contributed by atoms with E-state index in [4.69, 9.17) is 0 Å². The van der Waals surface area contributed by atoms with Crippen molar-refractivity contribution in [2.45, 2.75) is 26.7 Å². The molecule has 0 fully saturated rings. The molecule has 0 aliphatic carbocycles. The van der Waals surface area contributed by atoms with Gasteiger partial charge in [0.2, 0.25) is 0 Å². The van der Waals surface area contributed by atoms with E-state index in [1.54, 1.807) is 0 Å². The number of hydrogen-bond acceptors (Lipinski definition) is 2. The van der Waals surface area contributed by atoms with E-state index in [9.17, 15) is 5.26 Å². The first-order valence-electron chi connectivity index (χ1n) is 7.16. The fourth-order valence-corrected chi connectivity index (χ4v) is 2.53. The predicted molar refractivity (Wildman–Crippen MR) is 83.3 cm³/mol. The minimum Gasteiger partial charge on any atom is -0.291 e. The summed E-state index contributed by atoms with van der Waals surface area (Å²) in [6, 6.07) is 14.8. The van der Waals surface area contributed by atoms with Crippen LogP contribution in [0.25, 0.3) is 5.65 Å². The highest BCUT2D eigenvalue weighted by Gasteiger charge is 2.12. The second kappa shape index (κ2) is 5.41. The zero-order valence-electron chi connectivity index (χ0n) is 12.3. The predicted octanol–water partition coefficient (Wildman–Crippen LogP) is 3.67. The van der Waals surface area contributed by atoms with Gasteiger partial charge in [0.05, 0.1) is 5.69 Å². The molecule has 0 unspecified atom stereocenters. The van der Waals surface area contributed by atoms with E-state index >= 15 is 0 Å². The van der Waals surface area contributed by atoms with Gasteiger partial charge in [-0.05, 0) is 36.1 Å².